The third kappa shape index (κ3) is 3.99. The molecule has 29 heavy (non-hydrogen) atoms. The molecule has 1 aliphatic heterocycles. The van der Waals surface area contributed by atoms with Crippen molar-refractivity contribution in [2.75, 3.05) is 0 Å². The normalized spacial score (nSPS) is 26.8. The molecule has 2 aromatic rings. The van der Waals surface area contributed by atoms with Gasteiger partial charge in [0, 0.05) is 18.5 Å². The van der Waals surface area contributed by atoms with Gasteiger partial charge in [-0.05, 0) is 37.7 Å². The van der Waals surface area contributed by atoms with E-state index >= 15 is 0 Å². The second kappa shape index (κ2) is 8.11. The number of hydrogen-bond acceptors (Lipinski definition) is 5. The fraction of sp³-hybridized carbons (Fsp3) is 0.522. The quantitative estimate of drug-likeness (QED) is 0.557. The molecule has 2 heterocycles. The fourth-order valence-corrected chi connectivity index (χ4v) is 5.03. The monoisotopic (exact) mass is 392 g/mol. The minimum Gasteiger partial charge on any atom is -0.461 e. The summed E-state index contributed by atoms with van der Waals surface area (Å²) in [4.78, 5) is 15.3. The number of esters is 1. The molecule has 0 radical (unpaired) electrons. The van der Waals surface area contributed by atoms with Crippen molar-refractivity contribution in [3.05, 3.63) is 59.9 Å². The molecule has 3 atom stereocenters. The Bertz CT molecular complexity index is 872. The van der Waals surface area contributed by atoms with Crippen LogP contribution in [0, 0.1) is 5.92 Å². The predicted octanol–water partition coefficient (Wildman–Crippen LogP) is 3.33. The van der Waals surface area contributed by atoms with E-state index in [9.17, 15) is 4.79 Å². The van der Waals surface area contributed by atoms with Crippen molar-refractivity contribution in [3.63, 3.8) is 0 Å². The lowest BCUT2D eigenvalue weighted by Crippen LogP contribution is -2.45. The summed E-state index contributed by atoms with van der Waals surface area (Å²) < 4.78 is 7.79. The van der Waals surface area contributed by atoms with Crippen LogP contribution in [-0.2, 0) is 22.6 Å². The Morgan fingerprint density at radius 1 is 1.07 bits per heavy atom. The fourth-order valence-electron chi connectivity index (χ4n) is 5.03. The van der Waals surface area contributed by atoms with E-state index in [1.54, 1.807) is 0 Å². The van der Waals surface area contributed by atoms with Gasteiger partial charge in [0.2, 0.25) is 0 Å². The standard InChI is InChI=1S/C23H28N4O2/c28-23(29-21-9-5-2-6-10-21)22-18-11-12-20(13-18)27(22)16-19-15-26(25-24-19)14-17-7-3-1-4-8-17/h1,3-4,7-8,11-12,15,18,20-22H,2,5-6,9-10,13-14,16H2/t18-,20+,22-/m1/s1. The third-order valence-corrected chi connectivity index (χ3v) is 6.48. The van der Waals surface area contributed by atoms with Crippen LogP contribution in [0.25, 0.3) is 0 Å². The lowest BCUT2D eigenvalue weighted by molar-refractivity contribution is -0.157. The van der Waals surface area contributed by atoms with Gasteiger partial charge in [-0.1, -0.05) is 54.1 Å². The number of carbonyl (C=O) groups excluding carboxylic acids is 1. The number of likely N-dealkylation sites (tertiary alicyclic amines) is 1. The van der Waals surface area contributed by atoms with Gasteiger partial charge in [0.25, 0.3) is 0 Å². The number of nitrogens with zero attached hydrogens (tertiary/aromatic N) is 4. The topological polar surface area (TPSA) is 60.2 Å². The molecule has 0 amide bonds. The highest BCUT2D eigenvalue weighted by atomic mass is 16.5. The van der Waals surface area contributed by atoms with Crippen LogP contribution in [0.2, 0.25) is 0 Å². The number of rotatable bonds is 6. The first-order valence-electron chi connectivity index (χ1n) is 10.8. The maximum Gasteiger partial charge on any atom is 0.324 e. The van der Waals surface area contributed by atoms with Crippen LogP contribution >= 0.6 is 0 Å². The molecule has 1 saturated heterocycles. The molecule has 6 nitrogen and oxygen atoms in total. The van der Waals surface area contributed by atoms with Gasteiger partial charge in [0.1, 0.15) is 12.1 Å². The average molecular weight is 393 g/mol. The van der Waals surface area contributed by atoms with Crippen LogP contribution in [0.3, 0.4) is 0 Å². The number of carbonyl (C=O) groups is 1. The Morgan fingerprint density at radius 3 is 2.72 bits per heavy atom. The minimum absolute atomic E-state index is 0.0505. The van der Waals surface area contributed by atoms with Crippen molar-refractivity contribution >= 4 is 5.97 Å². The molecular formula is C23H28N4O2. The zero-order valence-electron chi connectivity index (χ0n) is 16.7. The molecule has 0 unspecified atom stereocenters. The van der Waals surface area contributed by atoms with Crippen LogP contribution in [0.4, 0.5) is 0 Å². The number of benzene rings is 1. The molecular weight excluding hydrogens is 364 g/mol. The lowest BCUT2D eigenvalue weighted by atomic mass is 9.97. The zero-order valence-corrected chi connectivity index (χ0v) is 16.7. The van der Waals surface area contributed by atoms with Crippen LogP contribution < -0.4 is 0 Å². The van der Waals surface area contributed by atoms with Gasteiger partial charge in [0.15, 0.2) is 0 Å². The van der Waals surface area contributed by atoms with E-state index in [1.807, 2.05) is 29.1 Å². The SMILES string of the molecule is O=C(OC1CCCCC1)[C@H]1[C@@H]2C=C[C@@H](C2)N1Cc1cn(Cc2ccccc2)nn1. The maximum atomic E-state index is 13.0. The average Bonchev–Trinajstić information content (AvgIpc) is 3.46. The molecule has 5 rings (SSSR count). The number of aromatic nitrogens is 3. The van der Waals surface area contributed by atoms with Gasteiger partial charge < -0.3 is 4.74 Å². The van der Waals surface area contributed by atoms with Crippen molar-refractivity contribution < 1.29 is 9.53 Å². The Hall–Kier alpha value is -2.47. The van der Waals surface area contributed by atoms with E-state index in [4.69, 9.17) is 4.74 Å². The van der Waals surface area contributed by atoms with Crippen molar-refractivity contribution in [1.29, 1.82) is 0 Å². The Labute approximate surface area is 171 Å². The first kappa shape index (κ1) is 18.6. The molecule has 152 valence electrons. The maximum absolute atomic E-state index is 13.0. The highest BCUT2D eigenvalue weighted by Crippen LogP contribution is 2.39. The Balaban J connectivity index is 1.26. The van der Waals surface area contributed by atoms with Gasteiger partial charge in [-0.25, -0.2) is 4.68 Å². The summed E-state index contributed by atoms with van der Waals surface area (Å²) in [6.45, 7) is 1.33. The summed E-state index contributed by atoms with van der Waals surface area (Å²) in [5.41, 5.74) is 2.10. The van der Waals surface area contributed by atoms with E-state index in [0.717, 1.165) is 25.0 Å². The molecule has 0 N–H and O–H groups in total. The summed E-state index contributed by atoms with van der Waals surface area (Å²) >= 11 is 0. The molecule has 6 heteroatoms. The van der Waals surface area contributed by atoms with Crippen LogP contribution in [0.1, 0.15) is 49.8 Å². The zero-order chi connectivity index (χ0) is 19.6. The minimum atomic E-state index is -0.189. The molecule has 2 bridgehead atoms. The summed E-state index contributed by atoms with van der Waals surface area (Å²) in [6.07, 6.45) is 13.1. The summed E-state index contributed by atoms with van der Waals surface area (Å²) in [6, 6.07) is 10.4. The van der Waals surface area contributed by atoms with Crippen LogP contribution in [-0.4, -0.2) is 44.1 Å². The number of ether oxygens (including phenoxy) is 1. The molecule has 0 spiro atoms. The molecule has 2 aliphatic carbocycles. The molecule has 1 aromatic carbocycles. The van der Waals surface area contributed by atoms with E-state index in [-0.39, 0.29) is 24.0 Å². The number of hydrogen-bond donors (Lipinski definition) is 0. The van der Waals surface area contributed by atoms with Gasteiger partial charge in [-0.2, -0.15) is 0 Å². The first-order valence-corrected chi connectivity index (χ1v) is 10.8. The Morgan fingerprint density at radius 2 is 1.90 bits per heavy atom. The van der Waals surface area contributed by atoms with E-state index in [2.05, 4.69) is 39.5 Å². The largest absolute Gasteiger partial charge is 0.461 e. The van der Waals surface area contributed by atoms with Gasteiger partial charge >= 0.3 is 5.97 Å². The third-order valence-electron chi connectivity index (χ3n) is 6.48. The second-order valence-corrected chi connectivity index (χ2v) is 8.56. The van der Waals surface area contributed by atoms with Crippen molar-refractivity contribution in [3.8, 4) is 0 Å². The van der Waals surface area contributed by atoms with Gasteiger partial charge in [-0.3, -0.25) is 9.69 Å². The van der Waals surface area contributed by atoms with Crippen molar-refractivity contribution in [2.45, 2.75) is 69.8 Å². The van der Waals surface area contributed by atoms with E-state index in [1.165, 1.54) is 24.8 Å². The number of fused-ring (bicyclic) bond motifs is 2. The summed E-state index contributed by atoms with van der Waals surface area (Å²) in [5, 5.41) is 8.65. The molecule has 3 aliphatic rings. The highest BCUT2D eigenvalue weighted by molar-refractivity contribution is 5.78. The lowest BCUT2D eigenvalue weighted by Gasteiger charge is -2.32. The van der Waals surface area contributed by atoms with E-state index in [0.29, 0.717) is 19.1 Å². The smallest absolute Gasteiger partial charge is 0.324 e. The van der Waals surface area contributed by atoms with Crippen molar-refractivity contribution in [2.24, 2.45) is 5.92 Å². The van der Waals surface area contributed by atoms with Gasteiger partial charge in [-0.15, -0.1) is 5.10 Å². The van der Waals surface area contributed by atoms with E-state index < -0.39 is 0 Å². The first-order chi connectivity index (χ1) is 14.3. The Kier molecular flexibility index (Phi) is 5.19. The van der Waals surface area contributed by atoms with Crippen LogP contribution in [0.15, 0.2) is 48.7 Å². The van der Waals surface area contributed by atoms with Crippen molar-refractivity contribution in [1.82, 2.24) is 19.9 Å². The second-order valence-electron chi connectivity index (χ2n) is 8.56. The molecule has 2 fully saturated rings. The molecule has 1 aromatic heterocycles. The highest BCUT2D eigenvalue weighted by Gasteiger charge is 2.47. The predicted molar refractivity (Wildman–Crippen MR) is 109 cm³/mol. The molecule has 1 saturated carbocycles. The summed E-state index contributed by atoms with van der Waals surface area (Å²) in [5.74, 6) is 0.209. The van der Waals surface area contributed by atoms with Gasteiger partial charge in [0.05, 0.1) is 18.4 Å². The summed E-state index contributed by atoms with van der Waals surface area (Å²) in [7, 11) is 0. The van der Waals surface area contributed by atoms with Crippen LogP contribution in [0.5, 0.6) is 0 Å².